The molecule has 0 saturated heterocycles. The van der Waals surface area contributed by atoms with E-state index in [0.717, 1.165) is 11.1 Å². The van der Waals surface area contributed by atoms with E-state index < -0.39 is 10.8 Å². The summed E-state index contributed by atoms with van der Waals surface area (Å²) < 4.78 is 12.0. The molecule has 5 heteroatoms. The van der Waals surface area contributed by atoms with Gasteiger partial charge in [0, 0.05) is 27.9 Å². The molecule has 2 rings (SSSR count). The van der Waals surface area contributed by atoms with Crippen molar-refractivity contribution in [3.8, 4) is 0 Å². The highest BCUT2D eigenvalue weighted by Gasteiger charge is 2.10. The first-order valence-electron chi connectivity index (χ1n) is 6.59. The van der Waals surface area contributed by atoms with Gasteiger partial charge in [0.25, 0.3) is 0 Å². The summed E-state index contributed by atoms with van der Waals surface area (Å²) in [6.45, 7) is 1.97. The average Bonchev–Trinajstić information content (AvgIpc) is 2.44. The van der Waals surface area contributed by atoms with Crippen molar-refractivity contribution in [2.75, 3.05) is 16.8 Å². The quantitative estimate of drug-likeness (QED) is 0.833. The Morgan fingerprint density at radius 3 is 2.48 bits per heavy atom. The fraction of sp³-hybridized carbons (Fsp3) is 0.188. The summed E-state index contributed by atoms with van der Waals surface area (Å²) in [5, 5.41) is 2.71. The average molecular weight is 302 g/mol. The Hall–Kier alpha value is -2.14. The number of nitrogens with two attached hydrogens (primary N) is 1. The molecule has 1 unspecified atom stereocenters. The maximum absolute atomic E-state index is 12.0. The third-order valence-corrected chi connectivity index (χ3v) is 4.28. The molecule has 0 spiro atoms. The van der Waals surface area contributed by atoms with Gasteiger partial charge in [-0.25, -0.2) is 0 Å². The van der Waals surface area contributed by atoms with Gasteiger partial charge in [0.05, 0.1) is 0 Å². The third-order valence-electron chi connectivity index (χ3n) is 3.06. The van der Waals surface area contributed by atoms with Gasteiger partial charge in [-0.05, 0) is 42.3 Å². The van der Waals surface area contributed by atoms with E-state index in [0.29, 0.717) is 17.1 Å². The van der Waals surface area contributed by atoms with Gasteiger partial charge in [0.15, 0.2) is 0 Å². The van der Waals surface area contributed by atoms with Crippen LogP contribution in [0.3, 0.4) is 0 Å². The SMILES string of the molecule is Cc1ccccc1CS(=O)CC(=O)Nc1ccc(N)cc1. The molecule has 0 saturated carbocycles. The van der Waals surface area contributed by atoms with Gasteiger partial charge in [-0.3, -0.25) is 9.00 Å². The number of hydrogen-bond acceptors (Lipinski definition) is 3. The molecule has 0 fully saturated rings. The van der Waals surface area contributed by atoms with E-state index >= 15 is 0 Å². The monoisotopic (exact) mass is 302 g/mol. The first-order chi connectivity index (χ1) is 10.0. The van der Waals surface area contributed by atoms with Crippen LogP contribution in [-0.2, 0) is 21.3 Å². The molecule has 2 aromatic rings. The van der Waals surface area contributed by atoms with Crippen LogP contribution in [0.2, 0.25) is 0 Å². The normalized spacial score (nSPS) is 11.9. The van der Waals surface area contributed by atoms with Crippen molar-refractivity contribution in [1.82, 2.24) is 0 Å². The van der Waals surface area contributed by atoms with E-state index in [1.54, 1.807) is 24.3 Å². The molecular weight excluding hydrogens is 284 g/mol. The Balaban J connectivity index is 1.89. The van der Waals surface area contributed by atoms with Gasteiger partial charge in [-0.15, -0.1) is 0 Å². The summed E-state index contributed by atoms with van der Waals surface area (Å²) in [6.07, 6.45) is 0. The molecule has 110 valence electrons. The lowest BCUT2D eigenvalue weighted by atomic mass is 10.1. The molecule has 1 amide bonds. The zero-order valence-corrected chi connectivity index (χ0v) is 12.7. The van der Waals surface area contributed by atoms with Crippen molar-refractivity contribution in [2.45, 2.75) is 12.7 Å². The Morgan fingerprint density at radius 2 is 1.81 bits per heavy atom. The van der Waals surface area contributed by atoms with Crippen LogP contribution in [0, 0.1) is 6.92 Å². The minimum atomic E-state index is -1.23. The minimum Gasteiger partial charge on any atom is -0.399 e. The van der Waals surface area contributed by atoms with Crippen LogP contribution in [-0.4, -0.2) is 15.9 Å². The number of anilines is 2. The number of carbonyl (C=O) groups excluding carboxylic acids is 1. The predicted molar refractivity (Wildman–Crippen MR) is 87.4 cm³/mol. The van der Waals surface area contributed by atoms with Gasteiger partial charge in [0.2, 0.25) is 5.91 Å². The molecule has 0 aromatic heterocycles. The summed E-state index contributed by atoms with van der Waals surface area (Å²) in [5.74, 6) is 0.118. The Bertz CT molecular complexity index is 654. The molecular formula is C16H18N2O2S. The lowest BCUT2D eigenvalue weighted by molar-refractivity contribution is -0.113. The number of carbonyl (C=O) groups is 1. The number of amides is 1. The summed E-state index contributed by atoms with van der Waals surface area (Å²) in [7, 11) is -1.23. The van der Waals surface area contributed by atoms with Crippen molar-refractivity contribution in [3.05, 3.63) is 59.7 Å². The molecule has 0 radical (unpaired) electrons. The van der Waals surface area contributed by atoms with Crippen molar-refractivity contribution < 1.29 is 9.00 Å². The standard InChI is InChI=1S/C16H18N2O2S/c1-12-4-2-3-5-13(12)10-21(20)11-16(19)18-15-8-6-14(17)7-9-15/h2-9H,10-11,17H2,1H3,(H,18,19). The fourth-order valence-corrected chi connectivity index (χ4v) is 3.04. The van der Waals surface area contributed by atoms with Crippen molar-refractivity contribution in [3.63, 3.8) is 0 Å². The van der Waals surface area contributed by atoms with Gasteiger partial charge < -0.3 is 11.1 Å². The Morgan fingerprint density at radius 1 is 1.14 bits per heavy atom. The van der Waals surface area contributed by atoms with Crippen LogP contribution < -0.4 is 11.1 Å². The number of nitrogen functional groups attached to an aromatic ring is 1. The largest absolute Gasteiger partial charge is 0.399 e. The van der Waals surface area contributed by atoms with Crippen LogP contribution in [0.4, 0.5) is 11.4 Å². The van der Waals surface area contributed by atoms with Crippen LogP contribution in [0.1, 0.15) is 11.1 Å². The minimum absolute atomic E-state index is 0.0152. The summed E-state index contributed by atoms with van der Waals surface area (Å²) in [5.41, 5.74) is 8.97. The van der Waals surface area contributed by atoms with Crippen molar-refractivity contribution >= 4 is 28.1 Å². The van der Waals surface area contributed by atoms with Crippen LogP contribution >= 0.6 is 0 Å². The fourth-order valence-electron chi connectivity index (χ4n) is 1.91. The molecule has 3 N–H and O–H groups in total. The predicted octanol–water partition coefficient (Wildman–Crippen LogP) is 2.46. The summed E-state index contributed by atoms with van der Waals surface area (Å²) in [4.78, 5) is 11.8. The molecule has 0 bridgehead atoms. The number of nitrogens with one attached hydrogen (secondary N) is 1. The number of benzene rings is 2. The lowest BCUT2D eigenvalue weighted by Gasteiger charge is -2.07. The molecule has 1 atom stereocenters. The Kier molecular flexibility index (Phi) is 5.11. The first kappa shape index (κ1) is 15.3. The van der Waals surface area contributed by atoms with E-state index in [9.17, 15) is 9.00 Å². The summed E-state index contributed by atoms with van der Waals surface area (Å²) in [6, 6.07) is 14.6. The second-order valence-electron chi connectivity index (χ2n) is 4.83. The van der Waals surface area contributed by atoms with Gasteiger partial charge in [0.1, 0.15) is 5.75 Å². The molecule has 2 aromatic carbocycles. The van der Waals surface area contributed by atoms with Crippen molar-refractivity contribution in [1.29, 1.82) is 0 Å². The molecule has 0 aliphatic carbocycles. The van der Waals surface area contributed by atoms with E-state index in [1.165, 1.54) is 0 Å². The van der Waals surface area contributed by atoms with Gasteiger partial charge in [-0.2, -0.15) is 0 Å². The highest BCUT2D eigenvalue weighted by molar-refractivity contribution is 7.84. The zero-order valence-electron chi connectivity index (χ0n) is 11.8. The maximum atomic E-state index is 12.0. The second-order valence-corrected chi connectivity index (χ2v) is 6.28. The molecule has 4 nitrogen and oxygen atoms in total. The summed E-state index contributed by atoms with van der Waals surface area (Å²) >= 11 is 0. The molecule has 21 heavy (non-hydrogen) atoms. The number of hydrogen-bond donors (Lipinski definition) is 2. The number of rotatable bonds is 5. The topological polar surface area (TPSA) is 72.2 Å². The van der Waals surface area contributed by atoms with E-state index in [-0.39, 0.29) is 11.7 Å². The third kappa shape index (κ3) is 4.72. The molecule has 0 aliphatic rings. The van der Waals surface area contributed by atoms with Crippen LogP contribution in [0.15, 0.2) is 48.5 Å². The molecule has 0 heterocycles. The van der Waals surface area contributed by atoms with Crippen LogP contribution in [0.25, 0.3) is 0 Å². The molecule has 0 aliphatic heterocycles. The van der Waals surface area contributed by atoms with Gasteiger partial charge in [-0.1, -0.05) is 24.3 Å². The number of aryl methyl sites for hydroxylation is 1. The highest BCUT2D eigenvalue weighted by Crippen LogP contribution is 2.12. The van der Waals surface area contributed by atoms with Gasteiger partial charge >= 0.3 is 0 Å². The lowest BCUT2D eigenvalue weighted by Crippen LogP contribution is -2.20. The van der Waals surface area contributed by atoms with E-state index in [2.05, 4.69) is 5.32 Å². The van der Waals surface area contributed by atoms with Crippen LogP contribution in [0.5, 0.6) is 0 Å². The Labute approximate surface area is 126 Å². The zero-order chi connectivity index (χ0) is 15.2. The highest BCUT2D eigenvalue weighted by atomic mass is 32.2. The van der Waals surface area contributed by atoms with E-state index in [1.807, 2.05) is 31.2 Å². The first-order valence-corrected chi connectivity index (χ1v) is 8.08. The van der Waals surface area contributed by atoms with E-state index in [4.69, 9.17) is 5.73 Å². The second kappa shape index (κ2) is 7.04. The van der Waals surface area contributed by atoms with Crippen molar-refractivity contribution in [2.24, 2.45) is 0 Å². The smallest absolute Gasteiger partial charge is 0.237 e. The maximum Gasteiger partial charge on any atom is 0.237 e.